The fraction of sp³-hybridized carbons (Fsp3) is 0.286. The molecule has 0 atom stereocenters. The van der Waals surface area contributed by atoms with Crippen LogP contribution in [-0.4, -0.2) is 41.0 Å². The second-order valence-corrected chi connectivity index (χ2v) is 7.82. The lowest BCUT2D eigenvalue weighted by molar-refractivity contribution is 0.122. The first-order valence-electron chi connectivity index (χ1n) is 9.01. The molecule has 26 heavy (non-hydrogen) atoms. The van der Waals surface area contributed by atoms with Gasteiger partial charge in [0.15, 0.2) is 0 Å². The van der Waals surface area contributed by atoms with Crippen LogP contribution in [0.1, 0.15) is 11.1 Å². The average molecular weight is 411 g/mol. The third kappa shape index (κ3) is 4.06. The Morgan fingerprint density at radius 3 is 2.31 bits per heavy atom. The minimum absolute atomic E-state index is 0.591. The maximum absolute atomic E-state index is 6.03. The van der Waals surface area contributed by atoms with Gasteiger partial charge in [-0.15, -0.1) is 0 Å². The summed E-state index contributed by atoms with van der Waals surface area (Å²) >= 11 is 3.52. The van der Waals surface area contributed by atoms with Crippen LogP contribution in [0.15, 0.2) is 59.1 Å². The van der Waals surface area contributed by atoms with Gasteiger partial charge in [-0.2, -0.15) is 0 Å². The molecule has 2 N–H and O–H groups in total. The van der Waals surface area contributed by atoms with Gasteiger partial charge in [0.25, 0.3) is 0 Å². The van der Waals surface area contributed by atoms with Crippen molar-refractivity contribution in [3.8, 4) is 0 Å². The summed E-state index contributed by atoms with van der Waals surface area (Å²) in [5.74, 6) is 0.591. The largest absolute Gasteiger partial charge is 0.384 e. The van der Waals surface area contributed by atoms with E-state index >= 15 is 0 Å². The maximum atomic E-state index is 6.03. The standard InChI is InChI=1S/C21H23BrN4/c22-18-6-7-19-17(12-21(23)24-20(19)13-18)15-26-10-8-25(9-11-26)14-16-4-2-1-3-5-16/h1-7,12-13H,8-11,14-15H2,(H2,23,24). The van der Waals surface area contributed by atoms with Gasteiger partial charge >= 0.3 is 0 Å². The van der Waals surface area contributed by atoms with Crippen LogP contribution >= 0.6 is 15.9 Å². The number of fused-ring (bicyclic) bond motifs is 1. The molecule has 134 valence electrons. The highest BCUT2D eigenvalue weighted by Crippen LogP contribution is 2.25. The summed E-state index contributed by atoms with van der Waals surface area (Å²) in [5.41, 5.74) is 9.64. The summed E-state index contributed by atoms with van der Waals surface area (Å²) in [5, 5.41) is 1.19. The van der Waals surface area contributed by atoms with Gasteiger partial charge in [-0.1, -0.05) is 52.3 Å². The molecule has 2 aromatic carbocycles. The van der Waals surface area contributed by atoms with Gasteiger partial charge in [0, 0.05) is 49.1 Å². The number of nitrogens with two attached hydrogens (primary N) is 1. The fourth-order valence-electron chi connectivity index (χ4n) is 3.62. The number of pyridine rings is 1. The molecular weight excluding hydrogens is 388 g/mol. The minimum atomic E-state index is 0.591. The second kappa shape index (κ2) is 7.74. The van der Waals surface area contributed by atoms with E-state index in [1.807, 2.05) is 12.1 Å². The number of nitrogens with zero attached hydrogens (tertiary/aromatic N) is 3. The summed E-state index contributed by atoms with van der Waals surface area (Å²) < 4.78 is 1.03. The van der Waals surface area contributed by atoms with Gasteiger partial charge < -0.3 is 5.73 Å². The first-order chi connectivity index (χ1) is 12.7. The van der Waals surface area contributed by atoms with Crippen molar-refractivity contribution in [3.63, 3.8) is 0 Å². The van der Waals surface area contributed by atoms with Gasteiger partial charge in [-0.05, 0) is 29.3 Å². The monoisotopic (exact) mass is 410 g/mol. The molecule has 0 aliphatic carbocycles. The van der Waals surface area contributed by atoms with Crippen molar-refractivity contribution in [2.75, 3.05) is 31.9 Å². The van der Waals surface area contributed by atoms with Gasteiger partial charge in [-0.3, -0.25) is 9.80 Å². The van der Waals surface area contributed by atoms with Crippen molar-refractivity contribution in [2.45, 2.75) is 13.1 Å². The quantitative estimate of drug-likeness (QED) is 0.708. The van der Waals surface area contributed by atoms with Crippen LogP contribution in [0.2, 0.25) is 0 Å². The van der Waals surface area contributed by atoms with E-state index in [-0.39, 0.29) is 0 Å². The Hall–Kier alpha value is -1.95. The predicted molar refractivity (Wildman–Crippen MR) is 111 cm³/mol. The summed E-state index contributed by atoms with van der Waals surface area (Å²) in [6.07, 6.45) is 0. The summed E-state index contributed by atoms with van der Waals surface area (Å²) in [7, 11) is 0. The molecule has 0 unspecified atom stereocenters. The lowest BCUT2D eigenvalue weighted by atomic mass is 10.1. The number of aromatic nitrogens is 1. The average Bonchev–Trinajstić information content (AvgIpc) is 2.64. The Morgan fingerprint density at radius 1 is 0.885 bits per heavy atom. The number of benzene rings is 2. The molecule has 2 heterocycles. The Kier molecular flexibility index (Phi) is 5.20. The van der Waals surface area contributed by atoms with E-state index < -0.39 is 0 Å². The Labute approximate surface area is 162 Å². The van der Waals surface area contributed by atoms with E-state index in [2.05, 4.69) is 73.2 Å². The molecule has 0 saturated carbocycles. The minimum Gasteiger partial charge on any atom is -0.384 e. The third-order valence-corrected chi connectivity index (χ3v) is 5.48. The van der Waals surface area contributed by atoms with Gasteiger partial charge in [0.1, 0.15) is 5.82 Å². The summed E-state index contributed by atoms with van der Waals surface area (Å²) in [6.45, 7) is 6.30. The molecule has 0 bridgehead atoms. The van der Waals surface area contributed by atoms with E-state index in [0.717, 1.165) is 49.3 Å². The van der Waals surface area contributed by atoms with E-state index in [1.165, 1.54) is 16.5 Å². The molecule has 5 heteroatoms. The molecule has 0 radical (unpaired) electrons. The highest BCUT2D eigenvalue weighted by molar-refractivity contribution is 9.10. The van der Waals surface area contributed by atoms with Crippen LogP contribution in [0.25, 0.3) is 10.9 Å². The maximum Gasteiger partial charge on any atom is 0.124 e. The van der Waals surface area contributed by atoms with Crippen molar-refractivity contribution in [3.05, 3.63) is 70.2 Å². The summed E-state index contributed by atoms with van der Waals surface area (Å²) in [4.78, 5) is 9.51. The van der Waals surface area contributed by atoms with Crippen LogP contribution in [0.4, 0.5) is 5.82 Å². The van der Waals surface area contributed by atoms with Crippen molar-refractivity contribution in [1.29, 1.82) is 0 Å². The highest BCUT2D eigenvalue weighted by Gasteiger charge is 2.18. The van der Waals surface area contributed by atoms with Crippen LogP contribution in [0, 0.1) is 0 Å². The zero-order chi connectivity index (χ0) is 17.9. The lowest BCUT2D eigenvalue weighted by Crippen LogP contribution is -2.45. The number of hydrogen-bond acceptors (Lipinski definition) is 4. The smallest absolute Gasteiger partial charge is 0.124 e. The number of anilines is 1. The van der Waals surface area contributed by atoms with Crippen molar-refractivity contribution in [1.82, 2.24) is 14.8 Å². The SMILES string of the molecule is Nc1cc(CN2CCN(Cc3ccccc3)CC2)c2ccc(Br)cc2n1. The van der Waals surface area contributed by atoms with E-state index in [0.29, 0.717) is 5.82 Å². The summed E-state index contributed by atoms with van der Waals surface area (Å²) in [6, 6.07) is 19.0. The molecule has 1 aliphatic rings. The van der Waals surface area contributed by atoms with Crippen LogP contribution in [0.5, 0.6) is 0 Å². The topological polar surface area (TPSA) is 45.4 Å². The molecule has 0 amide bonds. The third-order valence-electron chi connectivity index (χ3n) is 4.99. The van der Waals surface area contributed by atoms with Crippen LogP contribution < -0.4 is 5.73 Å². The number of piperazine rings is 1. The highest BCUT2D eigenvalue weighted by atomic mass is 79.9. The molecule has 0 spiro atoms. The number of halogens is 1. The predicted octanol–water partition coefficient (Wildman–Crippen LogP) is 3.90. The Bertz CT molecular complexity index is 884. The zero-order valence-corrected chi connectivity index (χ0v) is 16.3. The van der Waals surface area contributed by atoms with E-state index in [9.17, 15) is 0 Å². The Balaban J connectivity index is 1.42. The van der Waals surface area contributed by atoms with Crippen molar-refractivity contribution >= 4 is 32.7 Å². The van der Waals surface area contributed by atoms with E-state index in [4.69, 9.17) is 5.73 Å². The van der Waals surface area contributed by atoms with Gasteiger partial charge in [0.2, 0.25) is 0 Å². The first kappa shape index (κ1) is 17.5. The van der Waals surface area contributed by atoms with Crippen LogP contribution in [-0.2, 0) is 13.1 Å². The molecule has 4 rings (SSSR count). The molecule has 3 aromatic rings. The Morgan fingerprint density at radius 2 is 1.58 bits per heavy atom. The van der Waals surface area contributed by atoms with Crippen LogP contribution in [0.3, 0.4) is 0 Å². The van der Waals surface area contributed by atoms with Gasteiger partial charge in [0.05, 0.1) is 5.52 Å². The van der Waals surface area contributed by atoms with Crippen molar-refractivity contribution in [2.24, 2.45) is 0 Å². The molecule has 1 aliphatic heterocycles. The fourth-order valence-corrected chi connectivity index (χ4v) is 3.96. The second-order valence-electron chi connectivity index (χ2n) is 6.91. The normalized spacial score (nSPS) is 16.2. The number of rotatable bonds is 4. The molecule has 1 aromatic heterocycles. The number of hydrogen-bond donors (Lipinski definition) is 1. The number of nitrogen functional groups attached to an aromatic ring is 1. The zero-order valence-electron chi connectivity index (χ0n) is 14.7. The lowest BCUT2D eigenvalue weighted by Gasteiger charge is -2.35. The van der Waals surface area contributed by atoms with Gasteiger partial charge in [-0.25, -0.2) is 4.98 Å². The molecular formula is C21H23BrN4. The molecule has 1 fully saturated rings. The molecule has 1 saturated heterocycles. The van der Waals surface area contributed by atoms with E-state index in [1.54, 1.807) is 0 Å². The molecule has 4 nitrogen and oxygen atoms in total. The van der Waals surface area contributed by atoms with Crippen molar-refractivity contribution < 1.29 is 0 Å². The first-order valence-corrected chi connectivity index (χ1v) is 9.80.